The van der Waals surface area contributed by atoms with Crippen molar-refractivity contribution in [3.8, 4) is 11.5 Å². The van der Waals surface area contributed by atoms with Gasteiger partial charge in [0.25, 0.3) is 0 Å². The quantitative estimate of drug-likeness (QED) is 0.644. The lowest BCUT2D eigenvalue weighted by Gasteiger charge is -2.08. The molecule has 0 radical (unpaired) electrons. The average molecular weight is 313 g/mol. The Morgan fingerprint density at radius 1 is 1.50 bits per heavy atom. The molecule has 0 saturated carbocycles. The van der Waals surface area contributed by atoms with Gasteiger partial charge in [0.2, 0.25) is 5.91 Å². The largest absolute Gasteiger partial charge is 0.507 e. The standard InChI is InChI=1S/C9H13NO2.C5H7NO3.CH4/c1-6-3-4-8(12-2)7(5-10)9(6)11;7-4-2-1-3(6-4)5(8)9;/h3-4,11H,5,10H2,1-2H3;3H,1-2H2,(H,6,7)(H,8,9);1H4/p+1/t;3-;/m.0./s1. The molecular weight excluding hydrogens is 288 g/mol. The van der Waals surface area contributed by atoms with Crippen molar-refractivity contribution in [1.82, 2.24) is 5.32 Å². The highest BCUT2D eigenvalue weighted by Gasteiger charge is 2.26. The van der Waals surface area contributed by atoms with Gasteiger partial charge in [-0.25, -0.2) is 4.79 Å². The molecule has 1 aliphatic rings. The summed E-state index contributed by atoms with van der Waals surface area (Å²) in [5, 5.41) is 20.2. The molecule has 1 aliphatic heterocycles. The van der Waals surface area contributed by atoms with E-state index in [2.05, 4.69) is 11.1 Å². The van der Waals surface area contributed by atoms with Crippen molar-refractivity contribution in [1.29, 1.82) is 0 Å². The SMILES string of the molecule is C.COc1ccc(C)c(O)c1C[NH3+].O=C1CC[C@@H](C(=O)O)N1. The number of benzene rings is 1. The van der Waals surface area contributed by atoms with Crippen LogP contribution in [-0.2, 0) is 16.1 Å². The Hall–Kier alpha value is -2.28. The molecule has 6 N–H and O–H groups in total. The molecule has 7 nitrogen and oxygen atoms in total. The van der Waals surface area contributed by atoms with Gasteiger partial charge in [-0.1, -0.05) is 13.5 Å². The lowest BCUT2D eigenvalue weighted by Crippen LogP contribution is -2.47. The van der Waals surface area contributed by atoms with Gasteiger partial charge in [0.1, 0.15) is 24.1 Å². The summed E-state index contributed by atoms with van der Waals surface area (Å²) in [5.41, 5.74) is 5.36. The Morgan fingerprint density at radius 2 is 2.14 bits per heavy atom. The normalized spacial score (nSPS) is 16.0. The number of hydrogen-bond acceptors (Lipinski definition) is 4. The van der Waals surface area contributed by atoms with Gasteiger partial charge in [0.15, 0.2) is 0 Å². The maximum Gasteiger partial charge on any atom is 0.326 e. The van der Waals surface area contributed by atoms with Crippen LogP contribution >= 0.6 is 0 Å². The number of ether oxygens (including phenoxy) is 1. The number of rotatable bonds is 3. The number of carboxylic acid groups (broad SMARTS) is 1. The number of nitrogens with one attached hydrogen (secondary N) is 1. The fourth-order valence-corrected chi connectivity index (χ4v) is 1.97. The molecule has 1 saturated heterocycles. The highest BCUT2D eigenvalue weighted by atomic mass is 16.5. The zero-order valence-corrected chi connectivity index (χ0v) is 12.2. The van der Waals surface area contributed by atoms with Crippen molar-refractivity contribution < 1.29 is 30.3 Å². The lowest BCUT2D eigenvalue weighted by atomic mass is 10.1. The van der Waals surface area contributed by atoms with E-state index in [4.69, 9.17) is 9.84 Å². The maximum absolute atomic E-state index is 10.4. The zero-order chi connectivity index (χ0) is 16.0. The molecule has 124 valence electrons. The third-order valence-corrected chi connectivity index (χ3v) is 3.20. The number of quaternary nitrogens is 1. The molecule has 0 unspecified atom stereocenters. The van der Waals surface area contributed by atoms with Crippen LogP contribution in [0.25, 0.3) is 0 Å². The number of phenolic OH excluding ortho intramolecular Hbond substituents is 1. The number of carbonyl (C=O) groups is 2. The lowest BCUT2D eigenvalue weighted by molar-refractivity contribution is -0.386. The van der Waals surface area contributed by atoms with Crippen molar-refractivity contribution in [2.45, 2.75) is 39.8 Å². The summed E-state index contributed by atoms with van der Waals surface area (Å²) in [6.45, 7) is 2.39. The minimum absolute atomic E-state index is 0. The van der Waals surface area contributed by atoms with E-state index in [1.165, 1.54) is 0 Å². The summed E-state index contributed by atoms with van der Waals surface area (Å²) in [5.74, 6) is -0.110. The second-order valence-corrected chi connectivity index (χ2v) is 4.66. The number of aromatic hydroxyl groups is 1. The molecule has 0 aromatic heterocycles. The molecule has 1 heterocycles. The first-order chi connectivity index (χ1) is 9.90. The fourth-order valence-electron chi connectivity index (χ4n) is 1.97. The van der Waals surface area contributed by atoms with Gasteiger partial charge in [-0.15, -0.1) is 0 Å². The predicted octanol–water partition coefficient (Wildman–Crippen LogP) is 0.437. The molecule has 1 amide bonds. The van der Waals surface area contributed by atoms with E-state index < -0.39 is 12.0 Å². The monoisotopic (exact) mass is 313 g/mol. The van der Waals surface area contributed by atoms with E-state index in [1.54, 1.807) is 7.11 Å². The molecule has 22 heavy (non-hydrogen) atoms. The minimum atomic E-state index is -0.944. The van der Waals surface area contributed by atoms with Crippen LogP contribution in [0.3, 0.4) is 0 Å². The average Bonchev–Trinajstić information content (AvgIpc) is 2.89. The van der Waals surface area contributed by atoms with Gasteiger partial charge in [0, 0.05) is 6.42 Å². The van der Waals surface area contributed by atoms with E-state index in [1.807, 2.05) is 19.1 Å². The van der Waals surface area contributed by atoms with Crippen LogP contribution in [0.15, 0.2) is 12.1 Å². The summed E-state index contributed by atoms with van der Waals surface area (Å²) < 4.78 is 5.07. The number of aliphatic carboxylic acids is 1. The fraction of sp³-hybridized carbons (Fsp3) is 0.467. The summed E-state index contributed by atoms with van der Waals surface area (Å²) in [6, 6.07) is 3.03. The molecule has 1 atom stereocenters. The molecule has 2 rings (SSSR count). The maximum atomic E-state index is 10.4. The number of carbonyl (C=O) groups excluding carboxylic acids is 1. The summed E-state index contributed by atoms with van der Waals surface area (Å²) >= 11 is 0. The van der Waals surface area contributed by atoms with E-state index in [-0.39, 0.29) is 13.3 Å². The first-order valence-electron chi connectivity index (χ1n) is 6.57. The van der Waals surface area contributed by atoms with Crippen molar-refractivity contribution in [3.05, 3.63) is 23.3 Å². The van der Waals surface area contributed by atoms with Crippen LogP contribution in [0.1, 0.15) is 31.4 Å². The van der Waals surface area contributed by atoms with Crippen LogP contribution < -0.4 is 15.8 Å². The Bertz CT molecular complexity index is 531. The zero-order valence-electron chi connectivity index (χ0n) is 12.2. The van der Waals surface area contributed by atoms with Gasteiger partial charge in [-0.2, -0.15) is 0 Å². The summed E-state index contributed by atoms with van der Waals surface area (Å²) in [7, 11) is 1.59. The Kier molecular flexibility index (Phi) is 7.96. The highest BCUT2D eigenvalue weighted by Crippen LogP contribution is 2.29. The first kappa shape index (κ1) is 19.7. The third kappa shape index (κ3) is 4.92. The van der Waals surface area contributed by atoms with E-state index in [9.17, 15) is 14.7 Å². The number of amides is 1. The number of methoxy groups -OCH3 is 1. The van der Waals surface area contributed by atoms with Crippen molar-refractivity contribution in [2.75, 3.05) is 7.11 Å². The number of hydrogen-bond donors (Lipinski definition) is 4. The van der Waals surface area contributed by atoms with Gasteiger partial charge in [-0.3, -0.25) is 4.79 Å². The summed E-state index contributed by atoms with van der Waals surface area (Å²) in [4.78, 5) is 20.5. The number of aryl methyl sites for hydroxylation is 1. The smallest absolute Gasteiger partial charge is 0.326 e. The van der Waals surface area contributed by atoms with Crippen LogP contribution in [-0.4, -0.2) is 35.2 Å². The van der Waals surface area contributed by atoms with Crippen molar-refractivity contribution in [3.63, 3.8) is 0 Å². The molecular formula is C15H25N2O5+. The molecule has 1 aromatic carbocycles. The van der Waals surface area contributed by atoms with Gasteiger partial charge >= 0.3 is 5.97 Å². The minimum Gasteiger partial charge on any atom is -0.507 e. The van der Waals surface area contributed by atoms with Crippen molar-refractivity contribution >= 4 is 11.9 Å². The second-order valence-electron chi connectivity index (χ2n) is 4.66. The van der Waals surface area contributed by atoms with Gasteiger partial charge in [-0.05, 0) is 25.0 Å². The third-order valence-electron chi connectivity index (χ3n) is 3.20. The molecule has 0 spiro atoms. The number of carboxylic acids is 1. The molecule has 1 aromatic rings. The highest BCUT2D eigenvalue weighted by molar-refractivity contribution is 5.87. The molecule has 0 bridgehead atoms. The Labute approximate surface area is 130 Å². The molecule has 7 heteroatoms. The Morgan fingerprint density at radius 3 is 2.50 bits per heavy atom. The summed E-state index contributed by atoms with van der Waals surface area (Å²) in [6.07, 6.45) is 0.769. The van der Waals surface area contributed by atoms with Gasteiger partial charge in [0.05, 0.1) is 12.7 Å². The number of phenols is 1. The van der Waals surface area contributed by atoms with E-state index in [0.29, 0.717) is 30.9 Å². The van der Waals surface area contributed by atoms with Crippen LogP contribution in [0.5, 0.6) is 11.5 Å². The second kappa shape index (κ2) is 8.89. The first-order valence-corrected chi connectivity index (χ1v) is 6.57. The van der Waals surface area contributed by atoms with E-state index >= 15 is 0 Å². The van der Waals surface area contributed by atoms with Crippen LogP contribution in [0, 0.1) is 6.92 Å². The van der Waals surface area contributed by atoms with Crippen LogP contribution in [0.4, 0.5) is 0 Å². The molecule has 0 aliphatic carbocycles. The van der Waals surface area contributed by atoms with E-state index in [0.717, 1.165) is 11.1 Å². The molecule has 1 fully saturated rings. The topological polar surface area (TPSA) is 124 Å². The van der Waals surface area contributed by atoms with Gasteiger partial charge < -0.3 is 26.0 Å². The van der Waals surface area contributed by atoms with Crippen molar-refractivity contribution in [2.24, 2.45) is 0 Å². The van der Waals surface area contributed by atoms with Crippen LogP contribution in [0.2, 0.25) is 0 Å². The predicted molar refractivity (Wildman–Crippen MR) is 81.5 cm³/mol. The Balaban J connectivity index is 0.000000397.